The van der Waals surface area contributed by atoms with Crippen molar-refractivity contribution in [3.05, 3.63) is 78.6 Å². The highest BCUT2D eigenvalue weighted by molar-refractivity contribution is 7.92. The van der Waals surface area contributed by atoms with Crippen LogP contribution in [0.1, 0.15) is 5.56 Å². The molecule has 0 unspecified atom stereocenters. The van der Waals surface area contributed by atoms with E-state index in [0.717, 1.165) is 5.56 Å². The first kappa shape index (κ1) is 19.5. The highest BCUT2D eigenvalue weighted by Crippen LogP contribution is 2.16. The fraction of sp³-hybridized carbons (Fsp3) is 0.105. The molecule has 1 aromatic heterocycles. The molecule has 3 aromatic rings. The number of amides is 1. The summed E-state index contributed by atoms with van der Waals surface area (Å²) in [6.07, 6.45) is 3.27. The summed E-state index contributed by atoms with van der Waals surface area (Å²) < 4.78 is 27.0. The van der Waals surface area contributed by atoms with Gasteiger partial charge in [0.2, 0.25) is 11.9 Å². The van der Waals surface area contributed by atoms with Crippen LogP contribution in [-0.4, -0.2) is 30.3 Å². The lowest BCUT2D eigenvalue weighted by atomic mass is 10.1. The maximum absolute atomic E-state index is 12.3. The first-order valence-corrected chi connectivity index (χ1v) is 9.93. The lowest BCUT2D eigenvalue weighted by Crippen LogP contribution is -2.37. The van der Waals surface area contributed by atoms with Crippen LogP contribution < -0.4 is 15.8 Å². The van der Waals surface area contributed by atoms with Gasteiger partial charge >= 0.3 is 0 Å². The molecule has 28 heavy (non-hydrogen) atoms. The van der Waals surface area contributed by atoms with Crippen molar-refractivity contribution in [2.45, 2.75) is 17.4 Å². The van der Waals surface area contributed by atoms with Crippen LogP contribution in [0.2, 0.25) is 0 Å². The number of nitrogens with two attached hydrogens (primary N) is 1. The number of carbonyl (C=O) groups is 1. The molecule has 4 N–H and O–H groups in total. The minimum atomic E-state index is -3.83. The van der Waals surface area contributed by atoms with Crippen molar-refractivity contribution in [1.82, 2.24) is 9.97 Å². The Hall–Kier alpha value is -3.30. The van der Waals surface area contributed by atoms with Crippen LogP contribution in [0.4, 0.5) is 11.6 Å². The summed E-state index contributed by atoms with van der Waals surface area (Å²) in [4.78, 5) is 19.9. The van der Waals surface area contributed by atoms with Gasteiger partial charge in [-0.2, -0.15) is 0 Å². The highest BCUT2D eigenvalue weighted by atomic mass is 32.2. The average Bonchev–Trinajstić information content (AvgIpc) is 2.69. The van der Waals surface area contributed by atoms with Crippen LogP contribution in [0.5, 0.6) is 0 Å². The van der Waals surface area contributed by atoms with Gasteiger partial charge in [0, 0.05) is 18.1 Å². The molecule has 0 aliphatic heterocycles. The predicted octanol–water partition coefficient (Wildman–Crippen LogP) is 1.79. The van der Waals surface area contributed by atoms with Gasteiger partial charge in [-0.25, -0.2) is 23.1 Å². The first-order chi connectivity index (χ1) is 13.4. The molecule has 0 bridgehead atoms. The van der Waals surface area contributed by atoms with Crippen molar-refractivity contribution < 1.29 is 13.2 Å². The fourth-order valence-corrected chi connectivity index (χ4v) is 3.40. The maximum atomic E-state index is 12.3. The van der Waals surface area contributed by atoms with Gasteiger partial charge in [0.25, 0.3) is 10.0 Å². The zero-order valence-corrected chi connectivity index (χ0v) is 15.6. The van der Waals surface area contributed by atoms with E-state index in [1.165, 1.54) is 36.7 Å². The number of carbonyl (C=O) groups excluding carboxylic acids is 1. The van der Waals surface area contributed by atoms with Crippen LogP contribution in [0.3, 0.4) is 0 Å². The lowest BCUT2D eigenvalue weighted by Gasteiger charge is -2.13. The topological polar surface area (TPSA) is 127 Å². The Morgan fingerprint density at radius 2 is 1.61 bits per heavy atom. The van der Waals surface area contributed by atoms with E-state index in [2.05, 4.69) is 20.0 Å². The van der Waals surface area contributed by atoms with Gasteiger partial charge in [-0.1, -0.05) is 30.3 Å². The zero-order valence-electron chi connectivity index (χ0n) is 14.8. The van der Waals surface area contributed by atoms with Crippen molar-refractivity contribution in [1.29, 1.82) is 0 Å². The molecule has 0 aliphatic carbocycles. The number of rotatable bonds is 7. The van der Waals surface area contributed by atoms with Gasteiger partial charge < -0.3 is 11.1 Å². The van der Waals surface area contributed by atoms with Gasteiger partial charge in [0.1, 0.15) is 0 Å². The van der Waals surface area contributed by atoms with E-state index in [-0.39, 0.29) is 16.8 Å². The Labute approximate surface area is 162 Å². The molecule has 0 saturated carbocycles. The van der Waals surface area contributed by atoms with Crippen molar-refractivity contribution in [3.63, 3.8) is 0 Å². The van der Waals surface area contributed by atoms with Gasteiger partial charge in [-0.05, 0) is 42.3 Å². The molecule has 1 atom stereocenters. The summed E-state index contributed by atoms with van der Waals surface area (Å²) in [6, 6.07) is 16.1. The van der Waals surface area contributed by atoms with E-state index >= 15 is 0 Å². The van der Waals surface area contributed by atoms with Gasteiger partial charge in [0.05, 0.1) is 10.9 Å². The Bertz CT molecular complexity index is 1030. The normalized spacial score (nSPS) is 12.2. The van der Waals surface area contributed by atoms with E-state index < -0.39 is 16.1 Å². The molecule has 0 radical (unpaired) electrons. The molecule has 2 aromatic carbocycles. The van der Waals surface area contributed by atoms with E-state index in [1.54, 1.807) is 6.07 Å². The molecular formula is C19H19N5O3S. The Balaban J connectivity index is 1.63. The second-order valence-electron chi connectivity index (χ2n) is 5.99. The van der Waals surface area contributed by atoms with Crippen LogP contribution in [0.25, 0.3) is 0 Å². The Morgan fingerprint density at radius 3 is 2.25 bits per heavy atom. The number of nitrogens with one attached hydrogen (secondary N) is 2. The van der Waals surface area contributed by atoms with Gasteiger partial charge in [0.15, 0.2) is 0 Å². The van der Waals surface area contributed by atoms with Crippen molar-refractivity contribution in [2.24, 2.45) is 5.73 Å². The molecule has 1 heterocycles. The fourth-order valence-electron chi connectivity index (χ4n) is 2.44. The number of aromatic nitrogens is 2. The van der Waals surface area contributed by atoms with Crippen LogP contribution >= 0.6 is 0 Å². The van der Waals surface area contributed by atoms with Gasteiger partial charge in [-0.3, -0.25) is 4.79 Å². The van der Waals surface area contributed by atoms with Crippen LogP contribution in [0.15, 0.2) is 78.0 Å². The zero-order chi connectivity index (χ0) is 20.0. The summed E-state index contributed by atoms with van der Waals surface area (Å²) >= 11 is 0. The lowest BCUT2D eigenvalue weighted by molar-refractivity contribution is -0.117. The highest BCUT2D eigenvalue weighted by Gasteiger charge is 2.17. The molecular weight excluding hydrogens is 378 g/mol. The number of hydrogen-bond acceptors (Lipinski definition) is 6. The number of hydrogen-bond donors (Lipinski definition) is 3. The van der Waals surface area contributed by atoms with Crippen LogP contribution in [0, 0.1) is 0 Å². The third-order valence-corrected chi connectivity index (χ3v) is 5.20. The second kappa shape index (κ2) is 8.59. The van der Waals surface area contributed by atoms with Crippen molar-refractivity contribution in [2.75, 3.05) is 10.0 Å². The largest absolute Gasteiger partial charge is 0.325 e. The summed E-state index contributed by atoms with van der Waals surface area (Å²) in [6.45, 7) is 0. The third kappa shape index (κ3) is 5.12. The quantitative estimate of drug-likeness (QED) is 0.558. The summed E-state index contributed by atoms with van der Waals surface area (Å²) in [5, 5.41) is 2.69. The van der Waals surface area contributed by atoms with Crippen molar-refractivity contribution >= 4 is 27.6 Å². The minimum Gasteiger partial charge on any atom is -0.325 e. The molecule has 3 rings (SSSR count). The monoisotopic (exact) mass is 397 g/mol. The predicted molar refractivity (Wildman–Crippen MR) is 106 cm³/mol. The molecule has 0 saturated heterocycles. The molecule has 0 aliphatic rings. The molecule has 9 heteroatoms. The number of nitrogens with zero attached hydrogens (tertiary/aromatic N) is 2. The van der Waals surface area contributed by atoms with Crippen LogP contribution in [-0.2, 0) is 21.2 Å². The standard InChI is InChI=1S/C19H19N5O3S/c20-17(13-14-5-2-1-3-6-14)18(25)23-15-7-9-16(10-8-15)28(26,27)24-19-21-11-4-12-22-19/h1-12,17H,13,20H2,(H,23,25)(H,21,22,24)/t17-/m0/s1. The molecule has 8 nitrogen and oxygen atoms in total. The maximum Gasteiger partial charge on any atom is 0.264 e. The summed E-state index contributed by atoms with van der Waals surface area (Å²) in [5.74, 6) is -0.373. The number of sulfonamides is 1. The average molecular weight is 397 g/mol. The van der Waals surface area contributed by atoms with Crippen molar-refractivity contribution in [3.8, 4) is 0 Å². The molecule has 0 spiro atoms. The third-order valence-electron chi connectivity index (χ3n) is 3.86. The molecule has 0 fully saturated rings. The second-order valence-corrected chi connectivity index (χ2v) is 7.67. The number of benzene rings is 2. The number of anilines is 2. The molecule has 144 valence electrons. The van der Waals surface area contributed by atoms with Gasteiger partial charge in [-0.15, -0.1) is 0 Å². The summed E-state index contributed by atoms with van der Waals surface area (Å²) in [5.41, 5.74) is 7.36. The Kier molecular flexibility index (Phi) is 5.97. The minimum absolute atomic E-state index is 0.0199. The Morgan fingerprint density at radius 1 is 0.964 bits per heavy atom. The van der Waals surface area contributed by atoms with E-state index in [0.29, 0.717) is 12.1 Å². The van der Waals surface area contributed by atoms with E-state index in [1.807, 2.05) is 30.3 Å². The van der Waals surface area contributed by atoms with E-state index in [9.17, 15) is 13.2 Å². The van der Waals surface area contributed by atoms with E-state index in [4.69, 9.17) is 5.73 Å². The molecule has 1 amide bonds. The first-order valence-electron chi connectivity index (χ1n) is 8.44. The smallest absolute Gasteiger partial charge is 0.264 e. The SMILES string of the molecule is N[C@@H](Cc1ccccc1)C(=O)Nc1ccc(S(=O)(=O)Nc2ncccn2)cc1. The summed E-state index contributed by atoms with van der Waals surface area (Å²) in [7, 11) is -3.83.